The average Bonchev–Trinajstić information content (AvgIpc) is 2.00. The fourth-order valence-electron chi connectivity index (χ4n) is 0.720. The van der Waals surface area contributed by atoms with Crippen LogP contribution < -0.4 is 5.73 Å². The second-order valence-electron chi connectivity index (χ2n) is 2.55. The van der Waals surface area contributed by atoms with Gasteiger partial charge in [0.05, 0.1) is 0 Å². The number of hydrogen-bond donors (Lipinski definition) is 1. The van der Waals surface area contributed by atoms with Crippen LogP contribution in [0.25, 0.3) is 0 Å². The van der Waals surface area contributed by atoms with Gasteiger partial charge in [0.2, 0.25) is 11.8 Å². The van der Waals surface area contributed by atoms with Crippen molar-refractivity contribution in [2.45, 2.75) is 13.8 Å². The smallest absolute Gasteiger partial charge is 0.249 e. The Balaban J connectivity index is 4.39. The van der Waals surface area contributed by atoms with Crippen LogP contribution in [0.4, 0.5) is 0 Å². The van der Waals surface area contributed by atoms with Crippen molar-refractivity contribution in [3.63, 3.8) is 0 Å². The van der Waals surface area contributed by atoms with Crippen LogP contribution in [0.3, 0.4) is 0 Å². The summed E-state index contributed by atoms with van der Waals surface area (Å²) in [5.74, 6) is -0.762. The molecule has 0 aliphatic rings. The van der Waals surface area contributed by atoms with Crippen LogP contribution in [0.2, 0.25) is 0 Å². The van der Waals surface area contributed by atoms with E-state index in [0.717, 1.165) is 6.08 Å². The van der Waals surface area contributed by atoms with Gasteiger partial charge in [-0.3, -0.25) is 9.59 Å². The van der Waals surface area contributed by atoms with Gasteiger partial charge in [0.1, 0.15) is 0 Å². The van der Waals surface area contributed by atoms with E-state index in [1.165, 1.54) is 4.90 Å². The van der Waals surface area contributed by atoms with Gasteiger partial charge in [0, 0.05) is 25.2 Å². The fourth-order valence-corrected chi connectivity index (χ4v) is 0.720. The van der Waals surface area contributed by atoms with Crippen molar-refractivity contribution in [3.05, 3.63) is 11.6 Å². The zero-order valence-corrected chi connectivity index (χ0v) is 7.63. The number of primary amides is 1. The Labute approximate surface area is 72.0 Å². The molecule has 0 heterocycles. The predicted molar refractivity (Wildman–Crippen MR) is 46.3 cm³/mol. The van der Waals surface area contributed by atoms with Gasteiger partial charge in [-0.1, -0.05) is 0 Å². The molecule has 0 aliphatic carbocycles. The Bertz CT molecular complexity index is 221. The fraction of sp³-hybridized carbons (Fsp3) is 0.500. The maximum absolute atomic E-state index is 11.3. The molecule has 4 nitrogen and oxygen atoms in total. The summed E-state index contributed by atoms with van der Waals surface area (Å²) in [4.78, 5) is 23.2. The van der Waals surface area contributed by atoms with Crippen LogP contribution in [-0.2, 0) is 9.59 Å². The minimum absolute atomic E-state index is 0.170. The van der Waals surface area contributed by atoms with Gasteiger partial charge < -0.3 is 10.6 Å². The molecule has 0 aromatic heterocycles. The number of carbonyl (C=O) groups excluding carboxylic acids is 2. The lowest BCUT2D eigenvalue weighted by Gasteiger charge is -2.13. The Morgan fingerprint density at radius 1 is 1.50 bits per heavy atom. The van der Waals surface area contributed by atoms with Crippen molar-refractivity contribution in [2.24, 2.45) is 5.73 Å². The van der Waals surface area contributed by atoms with Crippen LogP contribution in [0.1, 0.15) is 13.8 Å². The van der Waals surface area contributed by atoms with Gasteiger partial charge in [-0.2, -0.15) is 0 Å². The van der Waals surface area contributed by atoms with E-state index >= 15 is 0 Å². The van der Waals surface area contributed by atoms with E-state index in [-0.39, 0.29) is 5.91 Å². The Morgan fingerprint density at radius 3 is 2.33 bits per heavy atom. The maximum Gasteiger partial charge on any atom is 0.249 e. The van der Waals surface area contributed by atoms with E-state index in [1.807, 2.05) is 6.92 Å². The molecule has 0 saturated heterocycles. The first-order chi connectivity index (χ1) is 5.49. The number of amides is 2. The van der Waals surface area contributed by atoms with E-state index in [2.05, 4.69) is 0 Å². The molecule has 12 heavy (non-hydrogen) atoms. The molecule has 0 aromatic carbocycles. The molecular formula is C8H14N2O2. The van der Waals surface area contributed by atoms with Gasteiger partial charge in [0.25, 0.3) is 0 Å². The van der Waals surface area contributed by atoms with Gasteiger partial charge in [-0.05, 0) is 13.8 Å². The highest BCUT2D eigenvalue weighted by atomic mass is 16.2. The van der Waals surface area contributed by atoms with Crippen molar-refractivity contribution in [2.75, 3.05) is 13.6 Å². The van der Waals surface area contributed by atoms with Crippen LogP contribution in [0.15, 0.2) is 11.6 Å². The SMILES string of the molecule is CCN(C)C(=O)C(C)=CC(N)=O. The molecule has 0 spiro atoms. The molecule has 0 atom stereocenters. The van der Waals surface area contributed by atoms with Crippen molar-refractivity contribution >= 4 is 11.8 Å². The van der Waals surface area contributed by atoms with Crippen molar-refractivity contribution in [3.8, 4) is 0 Å². The molecule has 0 bridgehead atoms. The molecule has 0 unspecified atom stereocenters. The van der Waals surface area contributed by atoms with Gasteiger partial charge in [0.15, 0.2) is 0 Å². The standard InChI is InChI=1S/C8H14N2O2/c1-4-10(3)8(12)6(2)5-7(9)11/h5H,4H2,1-3H3,(H2,9,11). The third kappa shape index (κ3) is 3.18. The average molecular weight is 170 g/mol. The number of rotatable bonds is 3. The van der Waals surface area contributed by atoms with Crippen molar-refractivity contribution < 1.29 is 9.59 Å². The van der Waals surface area contributed by atoms with E-state index < -0.39 is 5.91 Å². The zero-order valence-electron chi connectivity index (χ0n) is 7.63. The third-order valence-corrected chi connectivity index (χ3v) is 1.52. The van der Waals surface area contributed by atoms with Gasteiger partial charge >= 0.3 is 0 Å². The van der Waals surface area contributed by atoms with Crippen molar-refractivity contribution in [1.29, 1.82) is 0 Å². The largest absolute Gasteiger partial charge is 0.366 e. The Hall–Kier alpha value is -1.32. The topological polar surface area (TPSA) is 63.4 Å². The zero-order chi connectivity index (χ0) is 9.72. The molecule has 2 amide bonds. The highest BCUT2D eigenvalue weighted by Crippen LogP contribution is 1.97. The number of likely N-dealkylation sites (N-methyl/N-ethyl adjacent to an activating group) is 1. The Morgan fingerprint density at radius 2 is 2.00 bits per heavy atom. The molecule has 0 radical (unpaired) electrons. The molecule has 0 saturated carbocycles. The predicted octanol–water partition coefficient (Wildman–Crippen LogP) is -0.104. The first kappa shape index (κ1) is 10.7. The molecule has 0 rings (SSSR count). The molecule has 0 aromatic rings. The molecular weight excluding hydrogens is 156 g/mol. The summed E-state index contributed by atoms with van der Waals surface area (Å²) in [6.07, 6.45) is 1.13. The highest BCUT2D eigenvalue weighted by Gasteiger charge is 2.08. The van der Waals surface area contributed by atoms with E-state index in [9.17, 15) is 9.59 Å². The summed E-state index contributed by atoms with van der Waals surface area (Å²) in [7, 11) is 1.67. The van der Waals surface area contributed by atoms with Crippen LogP contribution in [0.5, 0.6) is 0 Å². The first-order valence-corrected chi connectivity index (χ1v) is 3.72. The summed E-state index contributed by atoms with van der Waals surface area (Å²) in [5.41, 5.74) is 5.25. The molecule has 4 heteroatoms. The number of nitrogens with two attached hydrogens (primary N) is 1. The number of hydrogen-bond acceptors (Lipinski definition) is 2. The van der Waals surface area contributed by atoms with E-state index in [1.54, 1.807) is 14.0 Å². The van der Waals surface area contributed by atoms with Crippen molar-refractivity contribution in [1.82, 2.24) is 4.90 Å². The third-order valence-electron chi connectivity index (χ3n) is 1.52. The summed E-state index contributed by atoms with van der Waals surface area (Å²) >= 11 is 0. The lowest BCUT2D eigenvalue weighted by molar-refractivity contribution is -0.126. The summed E-state index contributed by atoms with van der Waals surface area (Å²) in [6.45, 7) is 4.04. The van der Waals surface area contributed by atoms with E-state index in [4.69, 9.17) is 5.73 Å². The second-order valence-corrected chi connectivity index (χ2v) is 2.55. The lowest BCUT2D eigenvalue weighted by Crippen LogP contribution is -2.27. The maximum atomic E-state index is 11.3. The minimum atomic E-state index is -0.592. The van der Waals surface area contributed by atoms with Gasteiger partial charge in [-0.15, -0.1) is 0 Å². The summed E-state index contributed by atoms with van der Waals surface area (Å²) in [5, 5.41) is 0. The molecule has 2 N–H and O–H groups in total. The van der Waals surface area contributed by atoms with Crippen LogP contribution >= 0.6 is 0 Å². The molecule has 68 valence electrons. The molecule has 0 aliphatic heterocycles. The normalized spacial score (nSPS) is 11.1. The number of carbonyl (C=O) groups is 2. The minimum Gasteiger partial charge on any atom is -0.366 e. The Kier molecular flexibility index (Phi) is 4.04. The molecule has 0 fully saturated rings. The number of nitrogens with zero attached hydrogens (tertiary/aromatic N) is 1. The summed E-state index contributed by atoms with van der Waals surface area (Å²) < 4.78 is 0. The second kappa shape index (κ2) is 4.54. The van der Waals surface area contributed by atoms with Gasteiger partial charge in [-0.25, -0.2) is 0 Å². The highest BCUT2D eigenvalue weighted by molar-refractivity contribution is 5.99. The monoisotopic (exact) mass is 170 g/mol. The quantitative estimate of drug-likeness (QED) is 0.601. The first-order valence-electron chi connectivity index (χ1n) is 3.72. The summed E-state index contributed by atoms with van der Waals surface area (Å²) in [6, 6.07) is 0. The van der Waals surface area contributed by atoms with Crippen LogP contribution in [0, 0.1) is 0 Å². The van der Waals surface area contributed by atoms with Crippen LogP contribution in [-0.4, -0.2) is 30.3 Å². The lowest BCUT2D eigenvalue weighted by atomic mass is 10.2. The van der Waals surface area contributed by atoms with E-state index in [0.29, 0.717) is 12.1 Å².